The van der Waals surface area contributed by atoms with E-state index in [1.165, 1.54) is 18.4 Å². The fraction of sp³-hybridized carbons (Fsp3) is 0.571. The van der Waals surface area contributed by atoms with Crippen molar-refractivity contribution in [2.24, 2.45) is 11.8 Å². The SMILES string of the molecule is CCCC(C)C(CCl)Cc1ccc(Cl)cc1. The van der Waals surface area contributed by atoms with Crippen LogP contribution in [0.5, 0.6) is 0 Å². The van der Waals surface area contributed by atoms with Crippen LogP contribution in [0.15, 0.2) is 24.3 Å². The standard InChI is InChI=1S/C14H20Cl2/c1-3-4-11(2)13(10-15)9-12-5-7-14(16)8-6-12/h5-8,11,13H,3-4,9-10H2,1-2H3. The molecule has 1 aromatic rings. The average molecular weight is 259 g/mol. The smallest absolute Gasteiger partial charge is 0.0406 e. The van der Waals surface area contributed by atoms with Crippen molar-refractivity contribution in [3.63, 3.8) is 0 Å². The fourth-order valence-electron chi connectivity index (χ4n) is 2.02. The lowest BCUT2D eigenvalue weighted by Crippen LogP contribution is -2.16. The average Bonchev–Trinajstić information content (AvgIpc) is 2.28. The second-order valence-corrected chi connectivity index (χ2v) is 5.26. The first-order chi connectivity index (χ1) is 7.67. The lowest BCUT2D eigenvalue weighted by atomic mass is 9.87. The Bertz CT molecular complexity index is 292. The van der Waals surface area contributed by atoms with Crippen molar-refractivity contribution in [1.82, 2.24) is 0 Å². The van der Waals surface area contributed by atoms with Gasteiger partial charge in [0, 0.05) is 10.9 Å². The van der Waals surface area contributed by atoms with E-state index < -0.39 is 0 Å². The van der Waals surface area contributed by atoms with Crippen LogP contribution in [-0.2, 0) is 6.42 Å². The molecule has 0 heterocycles. The summed E-state index contributed by atoms with van der Waals surface area (Å²) in [6, 6.07) is 8.10. The summed E-state index contributed by atoms with van der Waals surface area (Å²) in [6.07, 6.45) is 3.54. The second kappa shape index (κ2) is 7.19. The van der Waals surface area contributed by atoms with Crippen LogP contribution in [0.3, 0.4) is 0 Å². The van der Waals surface area contributed by atoms with Crippen molar-refractivity contribution in [3.8, 4) is 0 Å². The molecular formula is C14H20Cl2. The second-order valence-electron chi connectivity index (χ2n) is 4.51. The molecule has 2 unspecified atom stereocenters. The Morgan fingerprint density at radius 1 is 1.19 bits per heavy atom. The molecule has 0 N–H and O–H groups in total. The molecule has 16 heavy (non-hydrogen) atoms. The Morgan fingerprint density at radius 3 is 2.31 bits per heavy atom. The van der Waals surface area contributed by atoms with Gasteiger partial charge in [-0.3, -0.25) is 0 Å². The van der Waals surface area contributed by atoms with Gasteiger partial charge in [-0.15, -0.1) is 11.6 Å². The third kappa shape index (κ3) is 4.35. The molecule has 0 bridgehead atoms. The molecule has 0 aromatic heterocycles. The third-order valence-electron chi connectivity index (χ3n) is 3.16. The van der Waals surface area contributed by atoms with Crippen LogP contribution in [-0.4, -0.2) is 5.88 Å². The molecule has 1 rings (SSSR count). The molecule has 0 amide bonds. The predicted molar refractivity (Wildman–Crippen MR) is 73.4 cm³/mol. The van der Waals surface area contributed by atoms with Crippen molar-refractivity contribution in [2.45, 2.75) is 33.1 Å². The maximum absolute atomic E-state index is 6.05. The lowest BCUT2D eigenvalue weighted by molar-refractivity contribution is 0.363. The topological polar surface area (TPSA) is 0 Å². The first-order valence-electron chi connectivity index (χ1n) is 5.97. The van der Waals surface area contributed by atoms with Gasteiger partial charge < -0.3 is 0 Å². The fourth-order valence-corrected chi connectivity index (χ4v) is 2.56. The Kier molecular flexibility index (Phi) is 6.23. The Hall–Kier alpha value is -0.200. The highest BCUT2D eigenvalue weighted by atomic mass is 35.5. The zero-order valence-corrected chi connectivity index (χ0v) is 11.6. The zero-order chi connectivity index (χ0) is 12.0. The van der Waals surface area contributed by atoms with E-state index in [1.807, 2.05) is 12.1 Å². The van der Waals surface area contributed by atoms with Crippen LogP contribution in [0.1, 0.15) is 32.3 Å². The van der Waals surface area contributed by atoms with Gasteiger partial charge in [0.1, 0.15) is 0 Å². The molecule has 1 aromatic carbocycles. The van der Waals surface area contributed by atoms with Crippen LogP contribution in [0, 0.1) is 11.8 Å². The highest BCUT2D eigenvalue weighted by Crippen LogP contribution is 2.23. The third-order valence-corrected chi connectivity index (χ3v) is 3.81. The number of alkyl halides is 1. The molecule has 2 atom stereocenters. The monoisotopic (exact) mass is 258 g/mol. The number of benzene rings is 1. The molecule has 0 aliphatic rings. The predicted octanol–water partition coefficient (Wildman–Crippen LogP) is 5.17. The quantitative estimate of drug-likeness (QED) is 0.618. The Labute approximate surface area is 109 Å². The van der Waals surface area contributed by atoms with Gasteiger partial charge in [0.2, 0.25) is 0 Å². The van der Waals surface area contributed by atoms with Gasteiger partial charge in [-0.1, -0.05) is 50.4 Å². The van der Waals surface area contributed by atoms with Gasteiger partial charge in [0.05, 0.1) is 0 Å². The van der Waals surface area contributed by atoms with Gasteiger partial charge in [-0.25, -0.2) is 0 Å². The number of halogens is 2. The maximum Gasteiger partial charge on any atom is 0.0406 e. The van der Waals surface area contributed by atoms with Gasteiger partial charge >= 0.3 is 0 Å². The van der Waals surface area contributed by atoms with Crippen molar-refractivity contribution < 1.29 is 0 Å². The molecule has 0 saturated heterocycles. The van der Waals surface area contributed by atoms with E-state index in [9.17, 15) is 0 Å². The normalized spacial score (nSPS) is 14.8. The summed E-state index contributed by atoms with van der Waals surface area (Å²) < 4.78 is 0. The first kappa shape index (κ1) is 13.9. The summed E-state index contributed by atoms with van der Waals surface area (Å²) in [7, 11) is 0. The van der Waals surface area contributed by atoms with E-state index in [4.69, 9.17) is 23.2 Å². The lowest BCUT2D eigenvalue weighted by Gasteiger charge is -2.21. The summed E-state index contributed by atoms with van der Waals surface area (Å²) in [4.78, 5) is 0. The van der Waals surface area contributed by atoms with Crippen molar-refractivity contribution in [3.05, 3.63) is 34.9 Å². The molecule has 0 radical (unpaired) electrons. The Morgan fingerprint density at radius 2 is 1.81 bits per heavy atom. The van der Waals surface area contributed by atoms with Gasteiger partial charge in [-0.05, 0) is 36.0 Å². The van der Waals surface area contributed by atoms with Crippen LogP contribution >= 0.6 is 23.2 Å². The van der Waals surface area contributed by atoms with E-state index in [0.717, 1.165) is 17.3 Å². The first-order valence-corrected chi connectivity index (χ1v) is 6.89. The van der Waals surface area contributed by atoms with Gasteiger partial charge in [-0.2, -0.15) is 0 Å². The Balaban J connectivity index is 2.59. The van der Waals surface area contributed by atoms with Gasteiger partial charge in [0.15, 0.2) is 0 Å². The number of hydrogen-bond donors (Lipinski definition) is 0. The molecule has 0 fully saturated rings. The van der Waals surface area contributed by atoms with Crippen LogP contribution in [0.4, 0.5) is 0 Å². The molecule has 90 valence electrons. The molecule has 0 aliphatic heterocycles. The minimum Gasteiger partial charge on any atom is -0.126 e. The number of hydrogen-bond acceptors (Lipinski definition) is 0. The molecular weight excluding hydrogens is 239 g/mol. The summed E-state index contributed by atoms with van der Waals surface area (Å²) in [5.41, 5.74) is 1.33. The molecule has 2 heteroatoms. The number of rotatable bonds is 6. The van der Waals surface area contributed by atoms with Crippen LogP contribution in [0.2, 0.25) is 5.02 Å². The van der Waals surface area contributed by atoms with Crippen molar-refractivity contribution in [2.75, 3.05) is 5.88 Å². The van der Waals surface area contributed by atoms with E-state index in [0.29, 0.717) is 11.8 Å². The van der Waals surface area contributed by atoms with E-state index in [-0.39, 0.29) is 0 Å². The van der Waals surface area contributed by atoms with Gasteiger partial charge in [0.25, 0.3) is 0 Å². The molecule has 0 nitrogen and oxygen atoms in total. The zero-order valence-electron chi connectivity index (χ0n) is 10.0. The molecule has 0 spiro atoms. The molecule has 0 saturated carbocycles. The van der Waals surface area contributed by atoms with E-state index in [2.05, 4.69) is 26.0 Å². The van der Waals surface area contributed by atoms with Crippen molar-refractivity contribution >= 4 is 23.2 Å². The van der Waals surface area contributed by atoms with E-state index >= 15 is 0 Å². The van der Waals surface area contributed by atoms with Crippen molar-refractivity contribution in [1.29, 1.82) is 0 Å². The minimum absolute atomic E-state index is 0.572. The highest BCUT2D eigenvalue weighted by Gasteiger charge is 2.15. The van der Waals surface area contributed by atoms with Crippen LogP contribution in [0.25, 0.3) is 0 Å². The maximum atomic E-state index is 6.05. The summed E-state index contributed by atoms with van der Waals surface area (Å²) in [5.74, 6) is 2.00. The summed E-state index contributed by atoms with van der Waals surface area (Å²) in [6.45, 7) is 4.52. The highest BCUT2D eigenvalue weighted by molar-refractivity contribution is 6.30. The van der Waals surface area contributed by atoms with Crippen LogP contribution < -0.4 is 0 Å². The largest absolute Gasteiger partial charge is 0.126 e. The van der Waals surface area contributed by atoms with E-state index in [1.54, 1.807) is 0 Å². The molecule has 0 aliphatic carbocycles. The minimum atomic E-state index is 0.572. The summed E-state index contributed by atoms with van der Waals surface area (Å²) in [5, 5.41) is 0.799. The summed E-state index contributed by atoms with van der Waals surface area (Å²) >= 11 is 11.9.